The highest BCUT2D eigenvalue weighted by Gasteiger charge is 2.46. The van der Waals surface area contributed by atoms with Gasteiger partial charge in [-0.1, -0.05) is 26.3 Å². The molecule has 0 N–H and O–H groups in total. The molecule has 1 heteroatoms. The van der Waals surface area contributed by atoms with Crippen molar-refractivity contribution in [2.45, 2.75) is 47.0 Å². The second kappa shape index (κ2) is 3.47. The average molecular weight is 206 g/mol. The Morgan fingerprint density at radius 1 is 1.33 bits per heavy atom. The third-order valence-corrected chi connectivity index (χ3v) is 4.43. The van der Waals surface area contributed by atoms with Gasteiger partial charge < -0.3 is 0 Å². The van der Waals surface area contributed by atoms with E-state index in [-0.39, 0.29) is 0 Å². The molecule has 0 spiro atoms. The maximum atomic E-state index is 12.1. The van der Waals surface area contributed by atoms with E-state index in [0.29, 0.717) is 29.0 Å². The van der Waals surface area contributed by atoms with Gasteiger partial charge in [0.2, 0.25) is 0 Å². The summed E-state index contributed by atoms with van der Waals surface area (Å²) in [6.45, 7) is 9.01. The van der Waals surface area contributed by atoms with Crippen LogP contribution in [0.3, 0.4) is 0 Å². The number of allylic oxidation sites excluding steroid dienone is 2. The van der Waals surface area contributed by atoms with Crippen molar-refractivity contribution in [3.63, 3.8) is 0 Å². The Bertz CT molecular complexity index is 311. The first kappa shape index (κ1) is 10.9. The summed E-state index contributed by atoms with van der Waals surface area (Å²) in [4.78, 5) is 12.1. The lowest BCUT2D eigenvalue weighted by atomic mass is 9.70. The molecule has 0 heterocycles. The Morgan fingerprint density at radius 3 is 2.67 bits per heavy atom. The second-order valence-corrected chi connectivity index (χ2v) is 6.25. The molecule has 0 aromatic rings. The number of fused-ring (bicyclic) bond motifs is 1. The monoisotopic (exact) mass is 206 g/mol. The summed E-state index contributed by atoms with van der Waals surface area (Å²) in [5.41, 5.74) is 1.58. The van der Waals surface area contributed by atoms with E-state index in [1.807, 2.05) is 6.08 Å². The van der Waals surface area contributed by atoms with E-state index in [0.717, 1.165) is 6.42 Å². The van der Waals surface area contributed by atoms with Crippen molar-refractivity contribution in [1.82, 2.24) is 0 Å². The molecule has 2 aliphatic carbocycles. The molecule has 2 rings (SSSR count). The van der Waals surface area contributed by atoms with Crippen LogP contribution in [-0.4, -0.2) is 5.78 Å². The van der Waals surface area contributed by atoms with Crippen LogP contribution in [0.2, 0.25) is 0 Å². The summed E-state index contributed by atoms with van der Waals surface area (Å²) in [7, 11) is 0. The van der Waals surface area contributed by atoms with Gasteiger partial charge in [0.05, 0.1) is 0 Å². The molecule has 1 fully saturated rings. The fourth-order valence-corrected chi connectivity index (χ4v) is 3.79. The van der Waals surface area contributed by atoms with Crippen LogP contribution in [0.1, 0.15) is 47.0 Å². The van der Waals surface area contributed by atoms with E-state index < -0.39 is 0 Å². The molecule has 15 heavy (non-hydrogen) atoms. The summed E-state index contributed by atoms with van der Waals surface area (Å²) in [6, 6.07) is 0. The van der Waals surface area contributed by atoms with Gasteiger partial charge in [-0.05, 0) is 49.5 Å². The quantitative estimate of drug-likeness (QED) is 0.592. The number of hydrogen-bond acceptors (Lipinski definition) is 1. The first-order valence-electron chi connectivity index (χ1n) is 6.13. The minimum absolute atomic E-state index is 0.303. The highest BCUT2D eigenvalue weighted by atomic mass is 16.1. The van der Waals surface area contributed by atoms with Gasteiger partial charge in [-0.15, -0.1) is 0 Å². The number of hydrogen-bond donors (Lipinski definition) is 0. The molecule has 1 saturated carbocycles. The number of carbonyl (C=O) groups is 1. The molecule has 0 saturated heterocycles. The topological polar surface area (TPSA) is 17.1 Å². The second-order valence-electron chi connectivity index (χ2n) is 6.25. The van der Waals surface area contributed by atoms with Crippen LogP contribution in [-0.2, 0) is 4.79 Å². The molecule has 3 unspecified atom stereocenters. The fourth-order valence-electron chi connectivity index (χ4n) is 3.79. The van der Waals surface area contributed by atoms with Crippen LogP contribution in [0.15, 0.2) is 11.6 Å². The highest BCUT2D eigenvalue weighted by Crippen LogP contribution is 2.51. The first-order chi connectivity index (χ1) is 6.92. The van der Waals surface area contributed by atoms with Gasteiger partial charge in [-0.2, -0.15) is 0 Å². The molecule has 0 bridgehead atoms. The summed E-state index contributed by atoms with van der Waals surface area (Å²) >= 11 is 0. The molecular formula is C14H22O. The number of carbonyl (C=O) groups excluding carboxylic acids is 1. The molecule has 1 nitrogen and oxygen atoms in total. The molecule has 0 radical (unpaired) electrons. The molecule has 0 aromatic carbocycles. The third-order valence-electron chi connectivity index (χ3n) is 4.43. The SMILES string of the molecule is CC1=CC(=O)C2C(C)CCC2C(C)(C)C1. The van der Waals surface area contributed by atoms with Gasteiger partial charge in [0.25, 0.3) is 0 Å². The zero-order valence-electron chi connectivity index (χ0n) is 10.3. The lowest BCUT2D eigenvalue weighted by molar-refractivity contribution is -0.121. The van der Waals surface area contributed by atoms with Crippen LogP contribution < -0.4 is 0 Å². The van der Waals surface area contributed by atoms with E-state index in [4.69, 9.17) is 0 Å². The Kier molecular flexibility index (Phi) is 2.52. The van der Waals surface area contributed by atoms with E-state index >= 15 is 0 Å². The minimum atomic E-state index is 0.303. The van der Waals surface area contributed by atoms with Gasteiger partial charge in [0.1, 0.15) is 0 Å². The van der Waals surface area contributed by atoms with Gasteiger partial charge >= 0.3 is 0 Å². The Balaban J connectivity index is 2.38. The normalized spacial score (nSPS) is 39.6. The van der Waals surface area contributed by atoms with E-state index in [2.05, 4.69) is 27.7 Å². The lowest BCUT2D eigenvalue weighted by Gasteiger charge is -2.34. The molecule has 0 aromatic heterocycles. The summed E-state index contributed by atoms with van der Waals surface area (Å²) < 4.78 is 0. The van der Waals surface area contributed by atoms with Crippen molar-refractivity contribution >= 4 is 5.78 Å². The van der Waals surface area contributed by atoms with E-state index in [1.54, 1.807) is 0 Å². The zero-order chi connectivity index (χ0) is 11.2. The standard InChI is InChI=1S/C14H22O/c1-9-7-12(15)13-10(2)5-6-11(13)14(3,4)8-9/h7,10-11,13H,5-6,8H2,1-4H3. The highest BCUT2D eigenvalue weighted by molar-refractivity contribution is 5.93. The van der Waals surface area contributed by atoms with Crippen molar-refractivity contribution in [3.8, 4) is 0 Å². The zero-order valence-corrected chi connectivity index (χ0v) is 10.3. The number of ketones is 1. The summed E-state index contributed by atoms with van der Waals surface area (Å²) in [6.07, 6.45) is 5.48. The Labute approximate surface area is 92.9 Å². The molecular weight excluding hydrogens is 184 g/mol. The van der Waals surface area contributed by atoms with Gasteiger partial charge in [0.15, 0.2) is 5.78 Å². The van der Waals surface area contributed by atoms with Crippen molar-refractivity contribution in [2.24, 2.45) is 23.2 Å². The predicted molar refractivity (Wildman–Crippen MR) is 62.5 cm³/mol. The van der Waals surface area contributed by atoms with Crippen LogP contribution in [0, 0.1) is 23.2 Å². The van der Waals surface area contributed by atoms with Crippen molar-refractivity contribution in [2.75, 3.05) is 0 Å². The van der Waals surface area contributed by atoms with Gasteiger partial charge in [0, 0.05) is 5.92 Å². The lowest BCUT2D eigenvalue weighted by Crippen LogP contribution is -2.31. The smallest absolute Gasteiger partial charge is 0.159 e. The third kappa shape index (κ3) is 1.77. The fraction of sp³-hybridized carbons (Fsp3) is 0.786. The predicted octanol–water partition coefficient (Wildman–Crippen LogP) is 3.59. The van der Waals surface area contributed by atoms with Crippen LogP contribution in [0.5, 0.6) is 0 Å². The van der Waals surface area contributed by atoms with Crippen LogP contribution in [0.25, 0.3) is 0 Å². The van der Waals surface area contributed by atoms with Crippen molar-refractivity contribution in [1.29, 1.82) is 0 Å². The largest absolute Gasteiger partial charge is 0.295 e. The Morgan fingerprint density at radius 2 is 2.00 bits per heavy atom. The van der Waals surface area contributed by atoms with E-state index in [1.165, 1.54) is 18.4 Å². The Hall–Kier alpha value is -0.590. The maximum absolute atomic E-state index is 12.1. The van der Waals surface area contributed by atoms with Crippen molar-refractivity contribution in [3.05, 3.63) is 11.6 Å². The molecule has 0 aliphatic heterocycles. The summed E-state index contributed by atoms with van der Waals surface area (Å²) in [5.74, 6) is 1.89. The maximum Gasteiger partial charge on any atom is 0.159 e. The van der Waals surface area contributed by atoms with E-state index in [9.17, 15) is 4.79 Å². The minimum Gasteiger partial charge on any atom is -0.295 e. The van der Waals surface area contributed by atoms with Crippen LogP contribution in [0.4, 0.5) is 0 Å². The molecule has 2 aliphatic rings. The first-order valence-corrected chi connectivity index (χ1v) is 6.13. The average Bonchev–Trinajstić information content (AvgIpc) is 2.41. The van der Waals surface area contributed by atoms with Crippen molar-refractivity contribution < 1.29 is 4.79 Å². The van der Waals surface area contributed by atoms with Crippen LogP contribution >= 0.6 is 0 Å². The summed E-state index contributed by atoms with van der Waals surface area (Å²) in [5, 5.41) is 0. The molecule has 0 amide bonds. The number of rotatable bonds is 0. The van der Waals surface area contributed by atoms with Gasteiger partial charge in [-0.25, -0.2) is 0 Å². The molecule has 3 atom stereocenters. The molecule has 84 valence electrons. The van der Waals surface area contributed by atoms with Gasteiger partial charge in [-0.3, -0.25) is 4.79 Å².